The maximum absolute atomic E-state index is 10.4. The van der Waals surface area contributed by atoms with Gasteiger partial charge in [0.2, 0.25) is 0 Å². The van der Waals surface area contributed by atoms with Crippen molar-refractivity contribution in [2.24, 2.45) is 5.73 Å². The molecule has 0 aromatic carbocycles. The molecule has 0 amide bonds. The number of halogens is 1. The van der Waals surface area contributed by atoms with Crippen molar-refractivity contribution < 1.29 is 9.90 Å². The highest BCUT2D eigenvalue weighted by molar-refractivity contribution is 9.09. The van der Waals surface area contributed by atoms with Gasteiger partial charge >= 0.3 is 5.97 Å². The second-order valence-electron chi connectivity index (χ2n) is 1.80. The minimum Gasteiger partial charge on any atom is -0.479 e. The summed E-state index contributed by atoms with van der Waals surface area (Å²) in [6.45, 7) is 2.24. The standard InChI is InChI=1S/C5H9BrN2O2S/c1-2-8(5(7)11)3(6)4(9)10/h3H,2H2,1H3,(H2,7,11)(H,9,10). The molecular formula is C5H9BrN2O2S. The first-order valence-electron chi connectivity index (χ1n) is 2.93. The SMILES string of the molecule is CCN(C(N)=S)C(Br)C(=O)O. The lowest BCUT2D eigenvalue weighted by Crippen LogP contribution is -2.44. The summed E-state index contributed by atoms with van der Waals surface area (Å²) in [5.74, 6) is -1.00. The Bertz CT molecular complexity index is 176. The second kappa shape index (κ2) is 4.50. The Kier molecular flexibility index (Phi) is 4.36. The van der Waals surface area contributed by atoms with Gasteiger partial charge in [-0.15, -0.1) is 0 Å². The van der Waals surface area contributed by atoms with E-state index in [1.165, 1.54) is 4.90 Å². The number of rotatable bonds is 3. The summed E-state index contributed by atoms with van der Waals surface area (Å²) in [6.07, 6.45) is 0. The molecule has 1 atom stereocenters. The number of thiocarbonyl (C=S) groups is 1. The van der Waals surface area contributed by atoms with E-state index in [1.807, 2.05) is 0 Å². The van der Waals surface area contributed by atoms with E-state index in [2.05, 4.69) is 28.1 Å². The number of alkyl halides is 1. The first-order valence-corrected chi connectivity index (χ1v) is 4.26. The quantitative estimate of drug-likeness (QED) is 0.424. The van der Waals surface area contributed by atoms with Crippen LogP contribution < -0.4 is 5.73 Å². The van der Waals surface area contributed by atoms with Crippen LogP contribution in [0.15, 0.2) is 0 Å². The van der Waals surface area contributed by atoms with Crippen LogP contribution in [0, 0.1) is 0 Å². The molecule has 6 heteroatoms. The fourth-order valence-corrected chi connectivity index (χ4v) is 1.44. The van der Waals surface area contributed by atoms with Gasteiger partial charge in [0.05, 0.1) is 0 Å². The average molecular weight is 241 g/mol. The van der Waals surface area contributed by atoms with Crippen LogP contribution in [-0.4, -0.2) is 32.6 Å². The monoisotopic (exact) mass is 240 g/mol. The average Bonchev–Trinajstić information content (AvgIpc) is 1.88. The predicted octanol–water partition coefficient (Wildman–Crippen LogP) is 0.358. The van der Waals surface area contributed by atoms with Crippen molar-refractivity contribution in [2.75, 3.05) is 6.54 Å². The fourth-order valence-electron chi connectivity index (χ4n) is 0.561. The van der Waals surface area contributed by atoms with E-state index in [9.17, 15) is 4.79 Å². The molecule has 0 spiro atoms. The molecule has 11 heavy (non-hydrogen) atoms. The van der Waals surface area contributed by atoms with Gasteiger partial charge in [0, 0.05) is 6.54 Å². The van der Waals surface area contributed by atoms with E-state index < -0.39 is 10.9 Å². The molecule has 0 saturated heterocycles. The van der Waals surface area contributed by atoms with Crippen LogP contribution in [0.4, 0.5) is 0 Å². The Morgan fingerprint density at radius 3 is 2.45 bits per heavy atom. The number of hydrogen-bond donors (Lipinski definition) is 2. The maximum atomic E-state index is 10.4. The maximum Gasteiger partial charge on any atom is 0.337 e. The lowest BCUT2D eigenvalue weighted by molar-refractivity contribution is -0.138. The Morgan fingerprint density at radius 1 is 1.91 bits per heavy atom. The largest absolute Gasteiger partial charge is 0.479 e. The van der Waals surface area contributed by atoms with Gasteiger partial charge in [0.15, 0.2) is 10.1 Å². The predicted molar refractivity (Wildman–Crippen MR) is 49.5 cm³/mol. The van der Waals surface area contributed by atoms with Crippen molar-refractivity contribution >= 4 is 39.2 Å². The van der Waals surface area contributed by atoms with Crippen LogP contribution in [0.1, 0.15) is 6.92 Å². The Hall–Kier alpha value is -0.360. The summed E-state index contributed by atoms with van der Waals surface area (Å²) in [5, 5.41) is 8.61. The number of hydrogen-bond acceptors (Lipinski definition) is 2. The van der Waals surface area contributed by atoms with Gasteiger partial charge in [-0.25, -0.2) is 4.79 Å². The smallest absolute Gasteiger partial charge is 0.337 e. The van der Waals surface area contributed by atoms with Crippen LogP contribution >= 0.6 is 28.1 Å². The number of aliphatic carboxylic acids is 1. The summed E-state index contributed by atoms with van der Waals surface area (Å²) >= 11 is 7.55. The molecule has 0 aromatic heterocycles. The highest BCUT2D eigenvalue weighted by atomic mass is 79.9. The minimum absolute atomic E-state index is 0.0803. The Labute approximate surface area is 78.5 Å². The summed E-state index contributed by atoms with van der Waals surface area (Å²) in [4.78, 5) is 10.9. The molecule has 3 N–H and O–H groups in total. The Morgan fingerprint density at radius 2 is 2.36 bits per heavy atom. The molecule has 1 unspecified atom stereocenters. The second-order valence-corrected chi connectivity index (χ2v) is 3.08. The topological polar surface area (TPSA) is 66.6 Å². The van der Waals surface area contributed by atoms with Gasteiger partial charge < -0.3 is 15.7 Å². The summed E-state index contributed by atoms with van der Waals surface area (Å²) < 4.78 is 0. The molecule has 0 aliphatic heterocycles. The first kappa shape index (κ1) is 10.6. The molecule has 0 fully saturated rings. The minimum atomic E-state index is -1.00. The van der Waals surface area contributed by atoms with Crippen LogP contribution in [0.3, 0.4) is 0 Å². The molecular weight excluding hydrogens is 232 g/mol. The third-order valence-corrected chi connectivity index (χ3v) is 2.22. The molecule has 4 nitrogen and oxygen atoms in total. The number of carboxylic acid groups (broad SMARTS) is 1. The summed E-state index contributed by atoms with van der Waals surface area (Å²) in [7, 11) is 0. The lowest BCUT2D eigenvalue weighted by atomic mass is 10.5. The number of nitrogens with two attached hydrogens (primary N) is 1. The van der Waals surface area contributed by atoms with Crippen molar-refractivity contribution in [3.05, 3.63) is 0 Å². The zero-order valence-electron chi connectivity index (χ0n) is 5.95. The third-order valence-electron chi connectivity index (χ3n) is 1.10. The number of likely N-dealkylation sites (N-methyl/N-ethyl adjacent to an activating group) is 1. The van der Waals surface area contributed by atoms with Crippen LogP contribution in [0.2, 0.25) is 0 Å². The van der Waals surface area contributed by atoms with Crippen LogP contribution in [-0.2, 0) is 4.79 Å². The van der Waals surface area contributed by atoms with Crippen LogP contribution in [0.5, 0.6) is 0 Å². The Balaban J connectivity index is 4.25. The molecule has 0 radical (unpaired) electrons. The van der Waals surface area contributed by atoms with Gasteiger partial charge in [-0.1, -0.05) is 15.9 Å². The molecule has 0 heterocycles. The molecule has 64 valence electrons. The molecule has 0 bridgehead atoms. The summed E-state index contributed by atoms with van der Waals surface area (Å²) in [5.41, 5.74) is 5.25. The third kappa shape index (κ3) is 3.02. The fraction of sp³-hybridized carbons (Fsp3) is 0.600. The van der Waals surface area contributed by atoms with Gasteiger partial charge in [-0.3, -0.25) is 0 Å². The van der Waals surface area contributed by atoms with Crippen molar-refractivity contribution in [2.45, 2.75) is 11.9 Å². The number of carboxylic acids is 1. The highest BCUT2D eigenvalue weighted by Crippen LogP contribution is 2.06. The molecule has 0 saturated carbocycles. The molecule has 0 aliphatic carbocycles. The van der Waals surface area contributed by atoms with E-state index in [0.717, 1.165) is 0 Å². The van der Waals surface area contributed by atoms with Crippen molar-refractivity contribution in [1.29, 1.82) is 0 Å². The normalized spacial score (nSPS) is 12.2. The zero-order valence-corrected chi connectivity index (χ0v) is 8.35. The van der Waals surface area contributed by atoms with Crippen molar-refractivity contribution in [3.63, 3.8) is 0 Å². The number of carbonyl (C=O) groups is 1. The molecule has 0 rings (SSSR count). The lowest BCUT2D eigenvalue weighted by Gasteiger charge is -2.23. The van der Waals surface area contributed by atoms with E-state index in [1.54, 1.807) is 6.92 Å². The van der Waals surface area contributed by atoms with Crippen LogP contribution in [0.25, 0.3) is 0 Å². The van der Waals surface area contributed by atoms with Crippen molar-refractivity contribution in [3.8, 4) is 0 Å². The van der Waals surface area contributed by atoms with E-state index >= 15 is 0 Å². The molecule has 0 aromatic rings. The zero-order chi connectivity index (χ0) is 9.02. The van der Waals surface area contributed by atoms with Gasteiger partial charge in [-0.05, 0) is 19.1 Å². The van der Waals surface area contributed by atoms with Crippen molar-refractivity contribution in [1.82, 2.24) is 4.90 Å². The van der Waals surface area contributed by atoms with E-state index in [0.29, 0.717) is 6.54 Å². The van der Waals surface area contributed by atoms with Gasteiger partial charge in [-0.2, -0.15) is 0 Å². The van der Waals surface area contributed by atoms with Gasteiger partial charge in [0.1, 0.15) is 0 Å². The highest BCUT2D eigenvalue weighted by Gasteiger charge is 2.21. The summed E-state index contributed by atoms with van der Waals surface area (Å²) in [6, 6.07) is 0. The van der Waals surface area contributed by atoms with E-state index in [-0.39, 0.29) is 5.11 Å². The van der Waals surface area contributed by atoms with Gasteiger partial charge in [0.25, 0.3) is 0 Å². The molecule has 0 aliphatic rings. The van der Waals surface area contributed by atoms with E-state index in [4.69, 9.17) is 10.8 Å². The first-order chi connectivity index (χ1) is 5.00. The number of nitrogens with zero attached hydrogens (tertiary/aromatic N) is 1.